The second kappa shape index (κ2) is 8.14. The number of nitrogens with zero attached hydrogens (tertiary/aromatic N) is 2. The molecule has 0 radical (unpaired) electrons. The lowest BCUT2D eigenvalue weighted by atomic mass is 9.87. The SMILES string of the molecule is CC(C)(C)c1ccc(N=C(C2CC2)C2CCN(C(=O)c3ccccc3)CC2)cc1. The van der Waals surface area contributed by atoms with Gasteiger partial charge >= 0.3 is 0 Å². The van der Waals surface area contributed by atoms with Gasteiger partial charge in [0.25, 0.3) is 5.91 Å². The summed E-state index contributed by atoms with van der Waals surface area (Å²) in [7, 11) is 0. The first-order chi connectivity index (χ1) is 13.9. The van der Waals surface area contributed by atoms with Crippen molar-refractivity contribution in [3.8, 4) is 0 Å². The molecular formula is C26H32N2O. The van der Waals surface area contributed by atoms with E-state index in [2.05, 4.69) is 45.0 Å². The van der Waals surface area contributed by atoms with E-state index in [0.717, 1.165) is 37.2 Å². The number of benzene rings is 2. The van der Waals surface area contributed by atoms with Gasteiger partial charge in [-0.3, -0.25) is 9.79 Å². The van der Waals surface area contributed by atoms with E-state index in [1.54, 1.807) is 0 Å². The van der Waals surface area contributed by atoms with Crippen LogP contribution in [0, 0.1) is 11.8 Å². The van der Waals surface area contributed by atoms with Crippen molar-refractivity contribution in [2.24, 2.45) is 16.8 Å². The van der Waals surface area contributed by atoms with E-state index in [4.69, 9.17) is 4.99 Å². The molecule has 1 amide bonds. The average molecular weight is 389 g/mol. The van der Waals surface area contributed by atoms with Crippen molar-refractivity contribution in [1.29, 1.82) is 0 Å². The van der Waals surface area contributed by atoms with Gasteiger partial charge in [-0.2, -0.15) is 0 Å². The number of hydrogen-bond acceptors (Lipinski definition) is 2. The quantitative estimate of drug-likeness (QED) is 0.590. The topological polar surface area (TPSA) is 32.7 Å². The van der Waals surface area contributed by atoms with Crippen LogP contribution in [-0.4, -0.2) is 29.6 Å². The molecule has 0 atom stereocenters. The Kier molecular flexibility index (Phi) is 5.58. The summed E-state index contributed by atoms with van der Waals surface area (Å²) in [5.74, 6) is 1.31. The van der Waals surface area contributed by atoms with Crippen LogP contribution in [-0.2, 0) is 5.41 Å². The number of rotatable bonds is 4. The maximum atomic E-state index is 12.7. The molecule has 29 heavy (non-hydrogen) atoms. The first-order valence-corrected chi connectivity index (χ1v) is 10.9. The minimum absolute atomic E-state index is 0.159. The van der Waals surface area contributed by atoms with Crippen molar-refractivity contribution in [2.45, 2.75) is 51.9 Å². The van der Waals surface area contributed by atoms with Crippen LogP contribution in [0.2, 0.25) is 0 Å². The Balaban J connectivity index is 1.44. The van der Waals surface area contributed by atoms with E-state index in [0.29, 0.717) is 11.8 Å². The average Bonchev–Trinajstić information content (AvgIpc) is 3.57. The van der Waals surface area contributed by atoms with E-state index in [-0.39, 0.29) is 11.3 Å². The summed E-state index contributed by atoms with van der Waals surface area (Å²) in [6.45, 7) is 8.38. The molecule has 2 aliphatic rings. The van der Waals surface area contributed by atoms with Crippen LogP contribution < -0.4 is 0 Å². The van der Waals surface area contributed by atoms with Crippen molar-refractivity contribution in [3.63, 3.8) is 0 Å². The molecule has 1 aliphatic heterocycles. The highest BCUT2D eigenvalue weighted by Gasteiger charge is 2.35. The molecule has 1 saturated heterocycles. The van der Waals surface area contributed by atoms with Crippen molar-refractivity contribution < 1.29 is 4.79 Å². The zero-order valence-corrected chi connectivity index (χ0v) is 17.9. The molecule has 2 fully saturated rings. The van der Waals surface area contributed by atoms with Gasteiger partial charge in [0.2, 0.25) is 0 Å². The fourth-order valence-corrected chi connectivity index (χ4v) is 4.22. The Hall–Kier alpha value is -2.42. The monoisotopic (exact) mass is 388 g/mol. The van der Waals surface area contributed by atoms with Crippen LogP contribution in [0.15, 0.2) is 59.6 Å². The largest absolute Gasteiger partial charge is 0.339 e. The molecule has 0 spiro atoms. The highest BCUT2D eigenvalue weighted by atomic mass is 16.2. The summed E-state index contributed by atoms with van der Waals surface area (Å²) in [6, 6.07) is 18.4. The van der Waals surface area contributed by atoms with Crippen LogP contribution in [0.1, 0.15) is 62.4 Å². The lowest BCUT2D eigenvalue weighted by molar-refractivity contribution is 0.0709. The van der Waals surface area contributed by atoms with Gasteiger partial charge < -0.3 is 4.90 Å². The van der Waals surface area contributed by atoms with Crippen LogP contribution in [0.3, 0.4) is 0 Å². The summed E-state index contributed by atoms with van der Waals surface area (Å²) >= 11 is 0. The number of amides is 1. The van der Waals surface area contributed by atoms with Gasteiger partial charge in [-0.1, -0.05) is 51.1 Å². The lowest BCUT2D eigenvalue weighted by Gasteiger charge is -2.33. The van der Waals surface area contributed by atoms with Gasteiger partial charge in [0.15, 0.2) is 0 Å². The second-order valence-electron chi connectivity index (χ2n) is 9.54. The molecule has 152 valence electrons. The minimum Gasteiger partial charge on any atom is -0.339 e. The summed E-state index contributed by atoms with van der Waals surface area (Å²) in [6.07, 6.45) is 4.58. The van der Waals surface area contributed by atoms with E-state index in [1.165, 1.54) is 24.1 Å². The van der Waals surface area contributed by atoms with Gasteiger partial charge in [-0.15, -0.1) is 0 Å². The molecular weight excluding hydrogens is 356 g/mol. The maximum absolute atomic E-state index is 12.7. The number of aliphatic imine (C=N–C) groups is 1. The van der Waals surface area contributed by atoms with E-state index < -0.39 is 0 Å². The molecule has 3 nitrogen and oxygen atoms in total. The fraction of sp³-hybridized carbons (Fsp3) is 0.462. The summed E-state index contributed by atoms with van der Waals surface area (Å²) < 4.78 is 0. The maximum Gasteiger partial charge on any atom is 0.253 e. The number of carbonyl (C=O) groups is 1. The number of likely N-dealkylation sites (tertiary alicyclic amines) is 1. The predicted octanol–water partition coefficient (Wildman–Crippen LogP) is 6.02. The number of carbonyl (C=O) groups excluding carboxylic acids is 1. The van der Waals surface area contributed by atoms with Crippen LogP contribution in [0.4, 0.5) is 5.69 Å². The normalized spacial score (nSPS) is 18.7. The molecule has 2 aromatic rings. The molecule has 0 N–H and O–H groups in total. The third-order valence-corrected chi connectivity index (χ3v) is 6.21. The third-order valence-electron chi connectivity index (χ3n) is 6.21. The summed E-state index contributed by atoms with van der Waals surface area (Å²) in [5.41, 5.74) is 4.75. The van der Waals surface area contributed by atoms with Crippen LogP contribution >= 0.6 is 0 Å². The molecule has 3 heteroatoms. The Morgan fingerprint density at radius 3 is 2.00 bits per heavy atom. The molecule has 1 saturated carbocycles. The zero-order chi connectivity index (χ0) is 20.4. The number of piperidine rings is 1. The second-order valence-corrected chi connectivity index (χ2v) is 9.54. The van der Waals surface area contributed by atoms with Gasteiger partial charge in [0.05, 0.1) is 5.69 Å². The Bertz CT molecular complexity index is 865. The Labute approximate surface area is 174 Å². The molecule has 2 aromatic carbocycles. The highest BCUT2D eigenvalue weighted by molar-refractivity contribution is 5.95. The molecule has 0 aromatic heterocycles. The van der Waals surface area contributed by atoms with Gasteiger partial charge in [-0.25, -0.2) is 0 Å². The lowest BCUT2D eigenvalue weighted by Crippen LogP contribution is -2.40. The third kappa shape index (κ3) is 4.77. The van der Waals surface area contributed by atoms with Crippen molar-refractivity contribution in [2.75, 3.05) is 13.1 Å². The standard InChI is InChI=1S/C26H32N2O/c1-26(2,3)22-11-13-23(14-12-22)27-24(19-9-10-19)20-15-17-28(18-16-20)25(29)21-7-5-4-6-8-21/h4-8,11-14,19-20H,9-10,15-18H2,1-3H3. The predicted molar refractivity (Wildman–Crippen MR) is 120 cm³/mol. The molecule has 0 bridgehead atoms. The van der Waals surface area contributed by atoms with Crippen molar-refractivity contribution in [3.05, 3.63) is 65.7 Å². The Morgan fingerprint density at radius 2 is 1.45 bits per heavy atom. The molecule has 1 aliphatic carbocycles. The van der Waals surface area contributed by atoms with Crippen molar-refractivity contribution in [1.82, 2.24) is 4.90 Å². The Morgan fingerprint density at radius 1 is 0.862 bits per heavy atom. The fourth-order valence-electron chi connectivity index (χ4n) is 4.22. The minimum atomic E-state index is 0.159. The van der Waals surface area contributed by atoms with E-state index in [1.807, 2.05) is 35.2 Å². The van der Waals surface area contributed by atoms with E-state index >= 15 is 0 Å². The van der Waals surface area contributed by atoms with E-state index in [9.17, 15) is 4.79 Å². The van der Waals surface area contributed by atoms with Gasteiger partial charge in [-0.05, 0) is 66.8 Å². The van der Waals surface area contributed by atoms with Gasteiger partial charge in [0, 0.05) is 30.3 Å². The van der Waals surface area contributed by atoms with Crippen molar-refractivity contribution >= 4 is 17.3 Å². The van der Waals surface area contributed by atoms with Gasteiger partial charge in [0.1, 0.15) is 0 Å². The number of hydrogen-bond donors (Lipinski definition) is 0. The molecule has 4 rings (SSSR count). The first-order valence-electron chi connectivity index (χ1n) is 10.9. The van der Waals surface area contributed by atoms with Crippen LogP contribution in [0.5, 0.6) is 0 Å². The summed E-state index contributed by atoms with van der Waals surface area (Å²) in [5, 5.41) is 0. The molecule has 1 heterocycles. The smallest absolute Gasteiger partial charge is 0.253 e. The first kappa shape index (κ1) is 19.9. The van der Waals surface area contributed by atoms with Crippen LogP contribution in [0.25, 0.3) is 0 Å². The summed E-state index contributed by atoms with van der Waals surface area (Å²) in [4.78, 5) is 19.8. The highest BCUT2D eigenvalue weighted by Crippen LogP contribution is 2.38. The zero-order valence-electron chi connectivity index (χ0n) is 17.9. The molecule has 0 unspecified atom stereocenters.